The molecule has 0 bridgehead atoms. The van der Waals surface area contributed by atoms with Crippen molar-refractivity contribution in [2.75, 3.05) is 20.7 Å². The number of carbonyl (C=O) groups excluding carboxylic acids is 2. The minimum Gasteiger partial charge on any atom is -0.452 e. The van der Waals surface area contributed by atoms with Gasteiger partial charge in [0.05, 0.1) is 10.5 Å². The zero-order valence-electron chi connectivity index (χ0n) is 10.8. The molecule has 1 rings (SSSR count). The SMILES string of the molecule is CN(C)S(=O)(=O)c1ccc(F)c(C(=O)OCC(N)=O)c1. The number of nitrogens with zero attached hydrogens (tertiary/aromatic N) is 1. The molecule has 0 aliphatic heterocycles. The second-order valence-corrected chi connectivity index (χ2v) is 6.12. The number of esters is 1. The van der Waals surface area contributed by atoms with Gasteiger partial charge in [-0.2, -0.15) is 0 Å². The van der Waals surface area contributed by atoms with Crippen molar-refractivity contribution in [3.63, 3.8) is 0 Å². The van der Waals surface area contributed by atoms with Crippen LogP contribution in [0.1, 0.15) is 10.4 Å². The van der Waals surface area contributed by atoms with Crippen molar-refractivity contribution in [1.82, 2.24) is 4.31 Å². The Kier molecular flexibility index (Phi) is 4.79. The fourth-order valence-electron chi connectivity index (χ4n) is 1.25. The van der Waals surface area contributed by atoms with Gasteiger partial charge in [-0.3, -0.25) is 4.79 Å². The topological polar surface area (TPSA) is 107 Å². The summed E-state index contributed by atoms with van der Waals surface area (Å²) in [5.41, 5.74) is 4.19. The number of carbonyl (C=O) groups is 2. The molecular weight excluding hydrogens is 291 g/mol. The van der Waals surface area contributed by atoms with Crippen molar-refractivity contribution in [2.24, 2.45) is 5.73 Å². The van der Waals surface area contributed by atoms with Crippen molar-refractivity contribution in [3.8, 4) is 0 Å². The summed E-state index contributed by atoms with van der Waals surface area (Å²) in [6, 6.07) is 2.70. The molecule has 0 fully saturated rings. The maximum absolute atomic E-state index is 13.5. The molecule has 1 aromatic rings. The highest BCUT2D eigenvalue weighted by molar-refractivity contribution is 7.89. The van der Waals surface area contributed by atoms with Crippen molar-refractivity contribution < 1.29 is 27.1 Å². The second kappa shape index (κ2) is 5.97. The lowest BCUT2D eigenvalue weighted by Crippen LogP contribution is -2.24. The molecule has 0 unspecified atom stereocenters. The van der Waals surface area contributed by atoms with Crippen LogP contribution in [0.5, 0.6) is 0 Å². The number of hydrogen-bond donors (Lipinski definition) is 1. The van der Waals surface area contributed by atoms with Gasteiger partial charge in [0, 0.05) is 14.1 Å². The van der Waals surface area contributed by atoms with Gasteiger partial charge < -0.3 is 10.5 Å². The summed E-state index contributed by atoms with van der Waals surface area (Å²) in [5, 5.41) is 0. The Hall–Kier alpha value is -2.00. The molecule has 0 saturated carbocycles. The summed E-state index contributed by atoms with van der Waals surface area (Å²) in [6.45, 7) is -0.719. The average molecular weight is 304 g/mol. The number of sulfonamides is 1. The van der Waals surface area contributed by atoms with Crippen molar-refractivity contribution in [1.29, 1.82) is 0 Å². The molecule has 0 radical (unpaired) electrons. The molecule has 0 heterocycles. The third kappa shape index (κ3) is 3.52. The molecule has 0 aliphatic carbocycles. The first-order valence-corrected chi connectivity index (χ1v) is 6.77. The number of hydrogen-bond acceptors (Lipinski definition) is 5. The van der Waals surface area contributed by atoms with Gasteiger partial charge >= 0.3 is 5.97 Å². The van der Waals surface area contributed by atoms with E-state index < -0.39 is 39.9 Å². The fourth-order valence-corrected chi connectivity index (χ4v) is 2.17. The fraction of sp³-hybridized carbons (Fsp3) is 0.273. The van der Waals surface area contributed by atoms with Crippen LogP contribution in [-0.2, 0) is 19.6 Å². The molecule has 0 atom stereocenters. The van der Waals surface area contributed by atoms with Crippen molar-refractivity contribution in [3.05, 3.63) is 29.6 Å². The lowest BCUT2D eigenvalue weighted by Gasteiger charge is -2.12. The van der Waals surface area contributed by atoms with E-state index in [4.69, 9.17) is 5.73 Å². The molecule has 7 nitrogen and oxygen atoms in total. The number of amides is 1. The van der Waals surface area contributed by atoms with E-state index in [1.807, 2.05) is 0 Å². The van der Waals surface area contributed by atoms with Crippen LogP contribution in [0.15, 0.2) is 23.1 Å². The Morgan fingerprint density at radius 3 is 2.45 bits per heavy atom. The van der Waals surface area contributed by atoms with E-state index in [-0.39, 0.29) is 4.90 Å². The van der Waals surface area contributed by atoms with Gasteiger partial charge in [0.1, 0.15) is 5.82 Å². The number of primary amides is 1. The van der Waals surface area contributed by atoms with Gasteiger partial charge in [0.25, 0.3) is 5.91 Å². The quantitative estimate of drug-likeness (QED) is 0.753. The second-order valence-electron chi connectivity index (χ2n) is 3.97. The van der Waals surface area contributed by atoms with Crippen LogP contribution in [-0.4, -0.2) is 45.3 Å². The average Bonchev–Trinajstić information content (AvgIpc) is 2.35. The summed E-state index contributed by atoms with van der Waals surface area (Å²) in [7, 11) is -1.22. The molecule has 0 aromatic heterocycles. The van der Waals surface area contributed by atoms with Crippen LogP contribution in [0.25, 0.3) is 0 Å². The first-order valence-electron chi connectivity index (χ1n) is 5.33. The van der Waals surface area contributed by atoms with E-state index in [1.165, 1.54) is 14.1 Å². The highest BCUT2D eigenvalue weighted by atomic mass is 32.2. The Bertz CT molecular complexity index is 642. The van der Waals surface area contributed by atoms with E-state index in [0.717, 1.165) is 22.5 Å². The highest BCUT2D eigenvalue weighted by Gasteiger charge is 2.22. The van der Waals surface area contributed by atoms with E-state index >= 15 is 0 Å². The van der Waals surface area contributed by atoms with Crippen molar-refractivity contribution in [2.45, 2.75) is 4.90 Å². The molecular formula is C11H13FN2O5S. The number of halogens is 1. The maximum atomic E-state index is 13.5. The maximum Gasteiger partial charge on any atom is 0.341 e. The zero-order chi connectivity index (χ0) is 15.5. The Balaban J connectivity index is 3.16. The smallest absolute Gasteiger partial charge is 0.341 e. The number of benzene rings is 1. The molecule has 2 N–H and O–H groups in total. The first kappa shape index (κ1) is 16.1. The molecule has 9 heteroatoms. The zero-order valence-corrected chi connectivity index (χ0v) is 11.6. The lowest BCUT2D eigenvalue weighted by molar-refractivity contribution is -0.121. The van der Waals surface area contributed by atoms with Gasteiger partial charge in [-0.25, -0.2) is 21.9 Å². The van der Waals surface area contributed by atoms with Crippen molar-refractivity contribution >= 4 is 21.9 Å². The summed E-state index contributed by atoms with van der Waals surface area (Å²) < 4.78 is 42.6. The Labute approximate surface area is 115 Å². The van der Waals surface area contributed by atoms with Crippen LogP contribution in [0.2, 0.25) is 0 Å². The minimum atomic E-state index is -3.81. The van der Waals surface area contributed by atoms with Gasteiger partial charge in [0.2, 0.25) is 10.0 Å². The van der Waals surface area contributed by atoms with E-state index in [9.17, 15) is 22.4 Å². The summed E-state index contributed by atoms with van der Waals surface area (Å²) in [4.78, 5) is 21.8. The van der Waals surface area contributed by atoms with Crippen LogP contribution in [0.4, 0.5) is 4.39 Å². The van der Waals surface area contributed by atoms with Gasteiger partial charge in [0.15, 0.2) is 6.61 Å². The standard InChI is InChI=1S/C11H13FN2O5S/c1-14(2)20(17,18)7-3-4-9(12)8(5-7)11(16)19-6-10(13)15/h3-5H,6H2,1-2H3,(H2,13,15). The third-order valence-corrected chi connectivity index (χ3v) is 4.09. The molecule has 0 aliphatic rings. The molecule has 1 aromatic carbocycles. The number of ether oxygens (including phenoxy) is 1. The molecule has 0 spiro atoms. The molecule has 0 saturated heterocycles. The first-order chi connectivity index (χ1) is 9.16. The number of nitrogens with two attached hydrogens (primary N) is 1. The highest BCUT2D eigenvalue weighted by Crippen LogP contribution is 2.18. The van der Waals surface area contributed by atoms with Gasteiger partial charge in [-0.05, 0) is 18.2 Å². The summed E-state index contributed by atoms with van der Waals surface area (Å²) >= 11 is 0. The molecule has 20 heavy (non-hydrogen) atoms. The summed E-state index contributed by atoms with van der Waals surface area (Å²) in [5.74, 6) is -3.04. The minimum absolute atomic E-state index is 0.269. The van der Waals surface area contributed by atoms with Crippen LogP contribution in [0.3, 0.4) is 0 Å². The largest absolute Gasteiger partial charge is 0.452 e. The molecule has 110 valence electrons. The predicted octanol–water partition coefficient (Wildman–Crippen LogP) is -0.282. The third-order valence-electron chi connectivity index (χ3n) is 2.28. The normalized spacial score (nSPS) is 11.4. The van der Waals surface area contributed by atoms with E-state index in [0.29, 0.717) is 0 Å². The lowest BCUT2D eigenvalue weighted by atomic mass is 10.2. The Morgan fingerprint density at radius 2 is 1.95 bits per heavy atom. The van der Waals surface area contributed by atoms with Gasteiger partial charge in [-0.15, -0.1) is 0 Å². The van der Waals surface area contributed by atoms with E-state index in [2.05, 4.69) is 4.74 Å². The van der Waals surface area contributed by atoms with Crippen LogP contribution in [0, 0.1) is 5.82 Å². The Morgan fingerprint density at radius 1 is 1.35 bits per heavy atom. The summed E-state index contributed by atoms with van der Waals surface area (Å²) in [6.07, 6.45) is 0. The van der Waals surface area contributed by atoms with Crippen LogP contribution >= 0.6 is 0 Å². The molecule has 1 amide bonds. The van der Waals surface area contributed by atoms with E-state index in [1.54, 1.807) is 0 Å². The predicted molar refractivity (Wildman–Crippen MR) is 66.7 cm³/mol. The monoisotopic (exact) mass is 304 g/mol. The van der Waals surface area contributed by atoms with Gasteiger partial charge in [-0.1, -0.05) is 0 Å². The van der Waals surface area contributed by atoms with Crippen LogP contribution < -0.4 is 5.73 Å². The number of rotatable bonds is 5.